The van der Waals surface area contributed by atoms with E-state index in [9.17, 15) is 23.1 Å². The molecular weight excluding hydrogens is 313 g/mol. The molecule has 0 heterocycles. The standard InChI is InChI=1S/C15H21F3N2O3/c1-10(2)20(8-11(3)21)14(22)19-12-4-6-13(7-5-12)23-9-15(16,17)18/h4-7,10-11,21H,8-9H2,1-3H3,(H,19,22). The van der Waals surface area contributed by atoms with Crippen molar-refractivity contribution in [1.82, 2.24) is 4.90 Å². The Kier molecular flexibility index (Phi) is 6.68. The number of nitrogens with zero attached hydrogens (tertiary/aromatic N) is 1. The summed E-state index contributed by atoms with van der Waals surface area (Å²) in [6.45, 7) is 4.02. The molecule has 0 spiro atoms. The number of alkyl halides is 3. The first-order valence-electron chi connectivity index (χ1n) is 7.14. The van der Waals surface area contributed by atoms with E-state index in [0.29, 0.717) is 5.69 Å². The molecule has 0 aliphatic carbocycles. The third kappa shape index (κ3) is 7.23. The van der Waals surface area contributed by atoms with Gasteiger partial charge in [-0.1, -0.05) is 0 Å². The van der Waals surface area contributed by atoms with Crippen LogP contribution in [0.2, 0.25) is 0 Å². The Morgan fingerprint density at radius 1 is 1.26 bits per heavy atom. The van der Waals surface area contributed by atoms with E-state index < -0.39 is 24.9 Å². The molecule has 0 saturated heterocycles. The van der Waals surface area contributed by atoms with Gasteiger partial charge < -0.3 is 20.1 Å². The second-order valence-corrected chi connectivity index (χ2v) is 5.45. The van der Waals surface area contributed by atoms with E-state index in [1.807, 2.05) is 13.8 Å². The van der Waals surface area contributed by atoms with Gasteiger partial charge in [0.15, 0.2) is 6.61 Å². The third-order valence-electron chi connectivity index (χ3n) is 2.85. The SMILES string of the molecule is CC(O)CN(C(=O)Nc1ccc(OCC(F)(F)F)cc1)C(C)C. The lowest BCUT2D eigenvalue weighted by atomic mass is 10.2. The summed E-state index contributed by atoms with van der Waals surface area (Å²) in [5.41, 5.74) is 0.422. The molecule has 1 atom stereocenters. The lowest BCUT2D eigenvalue weighted by Crippen LogP contribution is -2.43. The fraction of sp³-hybridized carbons (Fsp3) is 0.533. The molecule has 0 aliphatic rings. The molecule has 8 heteroatoms. The summed E-state index contributed by atoms with van der Waals surface area (Å²) in [6.07, 6.45) is -5.06. The van der Waals surface area contributed by atoms with Crippen LogP contribution < -0.4 is 10.1 Å². The van der Waals surface area contributed by atoms with Crippen molar-refractivity contribution >= 4 is 11.7 Å². The number of benzene rings is 1. The van der Waals surface area contributed by atoms with Crippen molar-refractivity contribution in [3.63, 3.8) is 0 Å². The van der Waals surface area contributed by atoms with Crippen LogP contribution in [0.4, 0.5) is 23.7 Å². The highest BCUT2D eigenvalue weighted by Gasteiger charge is 2.28. The molecule has 1 aromatic rings. The number of amides is 2. The van der Waals surface area contributed by atoms with E-state index in [4.69, 9.17) is 0 Å². The van der Waals surface area contributed by atoms with Crippen LogP contribution in [-0.4, -0.2) is 47.5 Å². The van der Waals surface area contributed by atoms with Crippen molar-refractivity contribution in [2.75, 3.05) is 18.5 Å². The van der Waals surface area contributed by atoms with Crippen molar-refractivity contribution in [2.24, 2.45) is 0 Å². The van der Waals surface area contributed by atoms with Crippen LogP contribution in [0.3, 0.4) is 0 Å². The van der Waals surface area contributed by atoms with Gasteiger partial charge in [0.25, 0.3) is 0 Å². The van der Waals surface area contributed by atoms with Gasteiger partial charge >= 0.3 is 12.2 Å². The number of hydrogen-bond acceptors (Lipinski definition) is 3. The molecule has 1 aromatic carbocycles. The quantitative estimate of drug-likeness (QED) is 0.839. The number of ether oxygens (including phenoxy) is 1. The second kappa shape index (κ2) is 8.05. The van der Waals surface area contributed by atoms with Gasteiger partial charge in [-0.05, 0) is 45.0 Å². The zero-order chi connectivity index (χ0) is 17.6. The largest absolute Gasteiger partial charge is 0.484 e. The number of carbonyl (C=O) groups excluding carboxylic acids is 1. The molecule has 0 aromatic heterocycles. The molecule has 0 saturated carbocycles. The Morgan fingerprint density at radius 2 is 1.83 bits per heavy atom. The van der Waals surface area contributed by atoms with Crippen molar-refractivity contribution < 1.29 is 27.8 Å². The molecule has 0 aliphatic heterocycles. The van der Waals surface area contributed by atoms with E-state index in [2.05, 4.69) is 10.1 Å². The normalized spacial score (nSPS) is 12.9. The van der Waals surface area contributed by atoms with Gasteiger partial charge in [0.05, 0.1) is 6.10 Å². The minimum absolute atomic E-state index is 0.0602. The maximum Gasteiger partial charge on any atom is 0.422 e. The number of anilines is 1. The summed E-state index contributed by atoms with van der Waals surface area (Å²) in [7, 11) is 0. The van der Waals surface area contributed by atoms with E-state index in [1.165, 1.54) is 29.2 Å². The first-order chi connectivity index (χ1) is 10.6. The Balaban J connectivity index is 2.64. The van der Waals surface area contributed by atoms with Crippen LogP contribution in [0.1, 0.15) is 20.8 Å². The lowest BCUT2D eigenvalue weighted by Gasteiger charge is -2.28. The van der Waals surface area contributed by atoms with E-state index >= 15 is 0 Å². The zero-order valence-corrected chi connectivity index (χ0v) is 13.2. The molecule has 23 heavy (non-hydrogen) atoms. The molecule has 0 fully saturated rings. The Bertz CT molecular complexity index is 502. The van der Waals surface area contributed by atoms with Gasteiger partial charge in [-0.2, -0.15) is 13.2 Å². The lowest BCUT2D eigenvalue weighted by molar-refractivity contribution is -0.153. The monoisotopic (exact) mass is 334 g/mol. The molecule has 130 valence electrons. The van der Waals surface area contributed by atoms with Crippen molar-refractivity contribution in [1.29, 1.82) is 0 Å². The first-order valence-corrected chi connectivity index (χ1v) is 7.14. The van der Waals surface area contributed by atoms with Crippen LogP contribution in [0.5, 0.6) is 5.75 Å². The highest BCUT2D eigenvalue weighted by atomic mass is 19.4. The topological polar surface area (TPSA) is 61.8 Å². The highest BCUT2D eigenvalue weighted by Crippen LogP contribution is 2.20. The fourth-order valence-electron chi connectivity index (χ4n) is 1.81. The third-order valence-corrected chi connectivity index (χ3v) is 2.85. The van der Waals surface area contributed by atoms with Gasteiger partial charge in [-0.15, -0.1) is 0 Å². The minimum Gasteiger partial charge on any atom is -0.484 e. The average Bonchev–Trinajstić information content (AvgIpc) is 2.42. The summed E-state index contributed by atoms with van der Waals surface area (Å²) in [4.78, 5) is 13.6. The van der Waals surface area contributed by atoms with Crippen molar-refractivity contribution in [2.45, 2.75) is 39.1 Å². The zero-order valence-electron chi connectivity index (χ0n) is 13.2. The van der Waals surface area contributed by atoms with E-state index in [1.54, 1.807) is 6.92 Å². The van der Waals surface area contributed by atoms with Crippen LogP contribution in [0, 0.1) is 0 Å². The average molecular weight is 334 g/mol. The number of aliphatic hydroxyl groups excluding tert-OH is 1. The van der Waals surface area contributed by atoms with Gasteiger partial charge in [0.1, 0.15) is 5.75 Å². The van der Waals surface area contributed by atoms with Gasteiger partial charge in [-0.3, -0.25) is 0 Å². The number of nitrogens with one attached hydrogen (secondary N) is 1. The van der Waals surface area contributed by atoms with Crippen LogP contribution in [0.15, 0.2) is 24.3 Å². The Hall–Kier alpha value is -1.96. The maximum atomic E-state index is 12.2. The van der Waals surface area contributed by atoms with Crippen LogP contribution in [0.25, 0.3) is 0 Å². The number of aliphatic hydroxyl groups is 1. The predicted octanol–water partition coefficient (Wildman–Crippen LogP) is 3.25. The molecule has 2 N–H and O–H groups in total. The van der Waals surface area contributed by atoms with Crippen molar-refractivity contribution in [3.8, 4) is 5.75 Å². The molecule has 0 radical (unpaired) electrons. The number of urea groups is 1. The van der Waals surface area contributed by atoms with Gasteiger partial charge in [-0.25, -0.2) is 4.79 Å². The Morgan fingerprint density at radius 3 is 2.26 bits per heavy atom. The second-order valence-electron chi connectivity index (χ2n) is 5.45. The molecule has 2 amide bonds. The predicted molar refractivity (Wildman–Crippen MR) is 80.5 cm³/mol. The first kappa shape index (κ1) is 19.1. The van der Waals surface area contributed by atoms with Gasteiger partial charge in [0, 0.05) is 18.3 Å². The van der Waals surface area contributed by atoms with Crippen LogP contribution in [-0.2, 0) is 0 Å². The maximum absolute atomic E-state index is 12.2. The summed E-state index contributed by atoms with van der Waals surface area (Å²) in [5.74, 6) is 0.0602. The summed E-state index contributed by atoms with van der Waals surface area (Å²) in [6, 6.07) is 5.07. The molecule has 5 nitrogen and oxygen atoms in total. The Labute approximate surface area is 133 Å². The van der Waals surface area contributed by atoms with E-state index in [0.717, 1.165) is 0 Å². The fourth-order valence-corrected chi connectivity index (χ4v) is 1.81. The molecule has 0 bridgehead atoms. The number of rotatable bonds is 6. The number of hydrogen-bond donors (Lipinski definition) is 2. The summed E-state index contributed by atoms with van der Waals surface area (Å²) < 4.78 is 40.7. The van der Waals surface area contributed by atoms with Gasteiger partial charge in [0.2, 0.25) is 0 Å². The highest BCUT2D eigenvalue weighted by molar-refractivity contribution is 5.89. The molecule has 1 unspecified atom stereocenters. The summed E-state index contributed by atoms with van der Waals surface area (Å²) >= 11 is 0. The number of carbonyl (C=O) groups is 1. The number of halogens is 3. The minimum atomic E-state index is -4.40. The smallest absolute Gasteiger partial charge is 0.422 e. The molecular formula is C15H21F3N2O3. The van der Waals surface area contributed by atoms with E-state index in [-0.39, 0.29) is 18.3 Å². The van der Waals surface area contributed by atoms with Crippen molar-refractivity contribution in [3.05, 3.63) is 24.3 Å². The molecule has 1 rings (SSSR count). The van der Waals surface area contributed by atoms with Crippen LogP contribution >= 0.6 is 0 Å². The summed E-state index contributed by atoms with van der Waals surface area (Å²) in [5, 5.41) is 12.0.